The number of benzene rings is 2. The molecule has 33 heavy (non-hydrogen) atoms. The molecule has 2 amide bonds. The van der Waals surface area contributed by atoms with Gasteiger partial charge in [0.05, 0.1) is 18.5 Å². The summed E-state index contributed by atoms with van der Waals surface area (Å²) in [6, 6.07) is 16.9. The number of nitrogens with zero attached hydrogens (tertiary/aromatic N) is 3. The van der Waals surface area contributed by atoms with Crippen molar-refractivity contribution in [1.82, 2.24) is 9.80 Å². The molecule has 0 aliphatic carbocycles. The van der Waals surface area contributed by atoms with Crippen LogP contribution in [0.3, 0.4) is 0 Å². The average molecular weight is 470 g/mol. The van der Waals surface area contributed by atoms with Gasteiger partial charge in [-0.2, -0.15) is 0 Å². The van der Waals surface area contributed by atoms with E-state index in [2.05, 4.69) is 0 Å². The molecule has 0 bridgehead atoms. The minimum Gasteiger partial charge on any atom is -0.467 e. The Bertz CT molecular complexity index is 1080. The zero-order valence-corrected chi connectivity index (χ0v) is 18.9. The molecule has 0 N–H and O–H groups in total. The molecule has 1 aromatic heterocycles. The standard InChI is InChI=1S/C25H25ClFN3O3/c26-20-9-7-19(8-10-20)25(32)30(18-21-4-3-17-33-21)12-11-24(31)29-15-13-28(14-16-29)23-6-2-1-5-22(23)27/h1-10,17H,11-16,18H2. The van der Waals surface area contributed by atoms with Crippen LogP contribution in [0.2, 0.25) is 5.02 Å². The summed E-state index contributed by atoms with van der Waals surface area (Å²) in [5.41, 5.74) is 1.06. The lowest BCUT2D eigenvalue weighted by atomic mass is 10.1. The van der Waals surface area contributed by atoms with Gasteiger partial charge in [0.15, 0.2) is 0 Å². The summed E-state index contributed by atoms with van der Waals surface area (Å²) in [6.07, 6.45) is 1.75. The number of amides is 2. The number of carbonyl (C=O) groups is 2. The maximum Gasteiger partial charge on any atom is 0.254 e. The molecule has 0 atom stereocenters. The van der Waals surface area contributed by atoms with Gasteiger partial charge in [0, 0.05) is 49.7 Å². The Morgan fingerprint density at radius 3 is 2.36 bits per heavy atom. The maximum absolute atomic E-state index is 14.1. The molecule has 4 rings (SSSR count). The number of para-hydroxylation sites is 1. The van der Waals surface area contributed by atoms with Crippen LogP contribution in [0.25, 0.3) is 0 Å². The van der Waals surface area contributed by atoms with Crippen molar-refractivity contribution >= 4 is 29.1 Å². The number of furan rings is 1. The van der Waals surface area contributed by atoms with Crippen molar-refractivity contribution in [2.45, 2.75) is 13.0 Å². The molecule has 2 aromatic carbocycles. The third-order valence-corrected chi connectivity index (χ3v) is 5.98. The smallest absolute Gasteiger partial charge is 0.254 e. The fourth-order valence-electron chi connectivity index (χ4n) is 3.91. The highest BCUT2D eigenvalue weighted by Gasteiger charge is 2.24. The number of halogens is 2. The number of carbonyl (C=O) groups excluding carboxylic acids is 2. The molecule has 0 spiro atoms. The number of hydrogen-bond donors (Lipinski definition) is 0. The highest BCUT2D eigenvalue weighted by atomic mass is 35.5. The number of rotatable bonds is 7. The first-order valence-electron chi connectivity index (χ1n) is 10.9. The summed E-state index contributed by atoms with van der Waals surface area (Å²) < 4.78 is 19.5. The molecule has 8 heteroatoms. The first-order valence-corrected chi connectivity index (χ1v) is 11.2. The second-order valence-corrected chi connectivity index (χ2v) is 8.32. The molecule has 6 nitrogen and oxygen atoms in total. The predicted molar refractivity (Wildman–Crippen MR) is 125 cm³/mol. The van der Waals surface area contributed by atoms with Crippen LogP contribution >= 0.6 is 11.6 Å². The molecule has 3 aromatic rings. The normalized spacial score (nSPS) is 13.8. The van der Waals surface area contributed by atoms with E-state index in [4.69, 9.17) is 16.0 Å². The van der Waals surface area contributed by atoms with E-state index in [-0.39, 0.29) is 37.1 Å². The van der Waals surface area contributed by atoms with Gasteiger partial charge in [-0.25, -0.2) is 4.39 Å². The second-order valence-electron chi connectivity index (χ2n) is 7.88. The van der Waals surface area contributed by atoms with E-state index in [1.54, 1.807) is 70.7 Å². The summed E-state index contributed by atoms with van der Waals surface area (Å²) in [4.78, 5) is 31.3. The number of piperazine rings is 1. The van der Waals surface area contributed by atoms with Gasteiger partial charge in [0.25, 0.3) is 5.91 Å². The van der Waals surface area contributed by atoms with Crippen LogP contribution in [-0.4, -0.2) is 54.3 Å². The summed E-state index contributed by atoms with van der Waals surface area (Å²) >= 11 is 5.94. The topological polar surface area (TPSA) is 57.0 Å². The summed E-state index contributed by atoms with van der Waals surface area (Å²) in [6.45, 7) is 2.67. The lowest BCUT2D eigenvalue weighted by molar-refractivity contribution is -0.131. The molecule has 1 aliphatic rings. The summed E-state index contributed by atoms with van der Waals surface area (Å²) in [5, 5.41) is 0.550. The van der Waals surface area contributed by atoms with Crippen molar-refractivity contribution in [3.8, 4) is 0 Å². The fraction of sp³-hybridized carbons (Fsp3) is 0.280. The maximum atomic E-state index is 14.1. The van der Waals surface area contributed by atoms with Gasteiger partial charge in [-0.05, 0) is 48.5 Å². The molecule has 2 heterocycles. The molecule has 1 saturated heterocycles. The summed E-state index contributed by atoms with van der Waals surface area (Å²) in [5.74, 6) is 0.159. The van der Waals surface area contributed by atoms with Gasteiger partial charge in [0.1, 0.15) is 11.6 Å². The quantitative estimate of drug-likeness (QED) is 0.513. The highest BCUT2D eigenvalue weighted by molar-refractivity contribution is 6.30. The summed E-state index contributed by atoms with van der Waals surface area (Å²) in [7, 11) is 0. The minimum absolute atomic E-state index is 0.0310. The molecule has 0 radical (unpaired) electrons. The van der Waals surface area contributed by atoms with Gasteiger partial charge in [-0.3, -0.25) is 9.59 Å². The average Bonchev–Trinajstić information content (AvgIpc) is 3.35. The Labute approximate surface area is 197 Å². The Balaban J connectivity index is 1.36. The van der Waals surface area contributed by atoms with Crippen LogP contribution in [0.15, 0.2) is 71.3 Å². The van der Waals surface area contributed by atoms with Crippen LogP contribution in [0, 0.1) is 5.82 Å². The third kappa shape index (κ3) is 5.73. The monoisotopic (exact) mass is 469 g/mol. The van der Waals surface area contributed by atoms with Crippen LogP contribution in [0.5, 0.6) is 0 Å². The molecular formula is C25H25ClFN3O3. The van der Waals surface area contributed by atoms with Crippen LogP contribution in [0.1, 0.15) is 22.5 Å². The van der Waals surface area contributed by atoms with E-state index in [1.165, 1.54) is 6.07 Å². The molecule has 0 unspecified atom stereocenters. The second kappa shape index (κ2) is 10.5. The van der Waals surface area contributed by atoms with Crippen molar-refractivity contribution in [1.29, 1.82) is 0 Å². The fourth-order valence-corrected chi connectivity index (χ4v) is 4.04. The van der Waals surface area contributed by atoms with Crippen molar-refractivity contribution in [3.05, 3.63) is 89.1 Å². The minimum atomic E-state index is -0.258. The van der Waals surface area contributed by atoms with Crippen molar-refractivity contribution in [2.24, 2.45) is 0 Å². The van der Waals surface area contributed by atoms with Gasteiger partial charge < -0.3 is 19.1 Å². The van der Waals surface area contributed by atoms with Gasteiger partial charge in [-0.1, -0.05) is 23.7 Å². The Hall–Kier alpha value is -3.32. The van der Waals surface area contributed by atoms with E-state index >= 15 is 0 Å². The lowest BCUT2D eigenvalue weighted by Gasteiger charge is -2.36. The Kier molecular flexibility index (Phi) is 7.29. The predicted octanol–water partition coefficient (Wildman–Crippen LogP) is 4.45. The first-order chi connectivity index (χ1) is 16.0. The molecule has 1 fully saturated rings. The van der Waals surface area contributed by atoms with E-state index in [0.29, 0.717) is 48.2 Å². The lowest BCUT2D eigenvalue weighted by Crippen LogP contribution is -2.49. The molecular weight excluding hydrogens is 445 g/mol. The van der Waals surface area contributed by atoms with Crippen molar-refractivity contribution < 1.29 is 18.4 Å². The zero-order valence-electron chi connectivity index (χ0n) is 18.1. The van der Waals surface area contributed by atoms with Gasteiger partial charge in [-0.15, -0.1) is 0 Å². The largest absolute Gasteiger partial charge is 0.467 e. The van der Waals surface area contributed by atoms with Crippen LogP contribution in [-0.2, 0) is 11.3 Å². The van der Waals surface area contributed by atoms with E-state index in [0.717, 1.165) is 0 Å². The SMILES string of the molecule is O=C(CCN(Cc1ccco1)C(=O)c1ccc(Cl)cc1)N1CCN(c2ccccc2F)CC1. The molecule has 0 saturated carbocycles. The zero-order chi connectivity index (χ0) is 23.2. The van der Waals surface area contributed by atoms with E-state index in [9.17, 15) is 14.0 Å². The first kappa shape index (κ1) is 22.9. The van der Waals surface area contributed by atoms with Gasteiger partial charge in [0.2, 0.25) is 5.91 Å². The Morgan fingerprint density at radius 2 is 1.70 bits per heavy atom. The molecule has 172 valence electrons. The third-order valence-electron chi connectivity index (χ3n) is 5.73. The molecule has 1 aliphatic heterocycles. The van der Waals surface area contributed by atoms with Crippen molar-refractivity contribution in [2.75, 3.05) is 37.6 Å². The van der Waals surface area contributed by atoms with Gasteiger partial charge >= 0.3 is 0 Å². The highest BCUT2D eigenvalue weighted by Crippen LogP contribution is 2.21. The number of hydrogen-bond acceptors (Lipinski definition) is 4. The van der Waals surface area contributed by atoms with Crippen molar-refractivity contribution in [3.63, 3.8) is 0 Å². The number of anilines is 1. The van der Waals surface area contributed by atoms with E-state index < -0.39 is 0 Å². The van der Waals surface area contributed by atoms with E-state index in [1.807, 2.05) is 4.90 Å². The van der Waals surface area contributed by atoms with Crippen LogP contribution < -0.4 is 4.90 Å². The Morgan fingerprint density at radius 1 is 0.970 bits per heavy atom. The van der Waals surface area contributed by atoms with Crippen LogP contribution in [0.4, 0.5) is 10.1 Å².